The third kappa shape index (κ3) is 5.62. The van der Waals surface area contributed by atoms with E-state index in [9.17, 15) is 13.2 Å². The normalized spacial score (nSPS) is 28.8. The van der Waals surface area contributed by atoms with Crippen molar-refractivity contribution in [1.82, 2.24) is 0 Å². The molecule has 0 unspecified atom stereocenters. The molecule has 2 aliphatic carbocycles. The summed E-state index contributed by atoms with van der Waals surface area (Å²) >= 11 is 0. The van der Waals surface area contributed by atoms with E-state index in [0.717, 1.165) is 38.5 Å². The van der Waals surface area contributed by atoms with Gasteiger partial charge < -0.3 is 4.74 Å². The van der Waals surface area contributed by atoms with Crippen LogP contribution in [0.2, 0.25) is 0 Å². The summed E-state index contributed by atoms with van der Waals surface area (Å²) in [5, 5.41) is 0. The van der Waals surface area contributed by atoms with Gasteiger partial charge in [-0.1, -0.05) is 44.1 Å². The van der Waals surface area contributed by atoms with E-state index in [1.165, 1.54) is 12.1 Å². The van der Waals surface area contributed by atoms with Crippen LogP contribution in [-0.4, -0.2) is 12.7 Å². The Morgan fingerprint density at radius 2 is 1.66 bits per heavy atom. The average molecular weight is 413 g/mol. The van der Waals surface area contributed by atoms with Crippen molar-refractivity contribution in [3.05, 3.63) is 40.7 Å². The molecule has 5 heteroatoms. The first-order chi connectivity index (χ1) is 13.8. The van der Waals surface area contributed by atoms with Crippen LogP contribution in [0, 0.1) is 17.7 Å². The van der Waals surface area contributed by atoms with Crippen molar-refractivity contribution in [1.29, 1.82) is 0 Å². The number of halogens is 4. The fourth-order valence-electron chi connectivity index (χ4n) is 4.84. The largest absolute Gasteiger partial charge is 0.419 e. The van der Waals surface area contributed by atoms with Gasteiger partial charge in [-0.25, -0.2) is 4.39 Å². The maximum absolute atomic E-state index is 15.1. The number of allylic oxidation sites excluding steroid dienone is 1. The van der Waals surface area contributed by atoms with E-state index in [1.807, 2.05) is 13.0 Å². The van der Waals surface area contributed by atoms with Gasteiger partial charge in [0, 0.05) is 6.61 Å². The monoisotopic (exact) mass is 412 g/mol. The van der Waals surface area contributed by atoms with Crippen LogP contribution in [0.3, 0.4) is 0 Å². The van der Waals surface area contributed by atoms with Crippen LogP contribution in [0.25, 0.3) is 6.08 Å². The Morgan fingerprint density at radius 1 is 1.00 bits per heavy atom. The molecule has 0 saturated heterocycles. The first-order valence-electron chi connectivity index (χ1n) is 11.0. The smallest absolute Gasteiger partial charge is 0.379 e. The summed E-state index contributed by atoms with van der Waals surface area (Å²) in [5.74, 6) is -0.300. The molecule has 0 bridgehead atoms. The van der Waals surface area contributed by atoms with Crippen LogP contribution < -0.4 is 0 Å². The molecule has 0 N–H and O–H groups in total. The zero-order valence-corrected chi connectivity index (χ0v) is 17.4. The van der Waals surface area contributed by atoms with Crippen LogP contribution in [0.4, 0.5) is 17.6 Å². The van der Waals surface area contributed by atoms with Gasteiger partial charge in [0.1, 0.15) is 5.82 Å². The van der Waals surface area contributed by atoms with Crippen LogP contribution in [0.1, 0.15) is 87.8 Å². The highest BCUT2D eigenvalue weighted by Gasteiger charge is 2.38. The molecule has 29 heavy (non-hydrogen) atoms. The van der Waals surface area contributed by atoms with Gasteiger partial charge >= 0.3 is 6.18 Å². The van der Waals surface area contributed by atoms with Crippen LogP contribution in [0.15, 0.2) is 18.2 Å². The van der Waals surface area contributed by atoms with Gasteiger partial charge in [-0.15, -0.1) is 0 Å². The Hall–Kier alpha value is -1.36. The van der Waals surface area contributed by atoms with Gasteiger partial charge in [-0.2, -0.15) is 13.2 Å². The minimum absolute atomic E-state index is 0.0552. The molecule has 0 aliphatic heterocycles. The summed E-state index contributed by atoms with van der Waals surface area (Å²) in [6.07, 6.45) is 5.80. The minimum atomic E-state index is -4.70. The van der Waals surface area contributed by atoms with E-state index < -0.39 is 17.6 Å². The van der Waals surface area contributed by atoms with Gasteiger partial charge in [0.2, 0.25) is 0 Å². The van der Waals surface area contributed by atoms with Gasteiger partial charge in [0.15, 0.2) is 0 Å². The van der Waals surface area contributed by atoms with Crippen molar-refractivity contribution in [2.75, 3.05) is 6.61 Å². The van der Waals surface area contributed by atoms with Crippen molar-refractivity contribution in [3.63, 3.8) is 0 Å². The third-order valence-electron chi connectivity index (χ3n) is 6.61. The molecule has 1 nitrogen and oxygen atoms in total. The zero-order chi connectivity index (χ0) is 21.0. The van der Waals surface area contributed by atoms with Crippen LogP contribution in [-0.2, 0) is 10.9 Å². The summed E-state index contributed by atoms with van der Waals surface area (Å²) in [5.41, 5.74) is -0.960. The maximum Gasteiger partial charge on any atom is 0.419 e. The number of ether oxygens (including phenoxy) is 1. The Labute approximate surface area is 171 Å². The quantitative estimate of drug-likeness (QED) is 0.449. The fraction of sp³-hybridized carbons (Fsp3) is 0.667. The predicted molar refractivity (Wildman–Crippen MR) is 108 cm³/mol. The van der Waals surface area contributed by atoms with Crippen molar-refractivity contribution < 1.29 is 22.3 Å². The first kappa shape index (κ1) is 22.3. The highest BCUT2D eigenvalue weighted by molar-refractivity contribution is 5.57. The predicted octanol–water partition coefficient (Wildman–Crippen LogP) is 7.75. The third-order valence-corrected chi connectivity index (χ3v) is 6.61. The number of rotatable bonds is 5. The van der Waals surface area contributed by atoms with E-state index in [4.69, 9.17) is 4.74 Å². The second kappa shape index (κ2) is 9.63. The molecule has 2 aliphatic rings. The van der Waals surface area contributed by atoms with Gasteiger partial charge in [-0.3, -0.25) is 0 Å². The summed E-state index contributed by atoms with van der Waals surface area (Å²) in [6.45, 7) is 4.77. The molecule has 3 rings (SSSR count). The lowest BCUT2D eigenvalue weighted by Gasteiger charge is -2.29. The molecule has 0 radical (unpaired) electrons. The standard InChI is InChI=1S/C24H32F4O/c1-3-29-20-13-10-18(11-14-20)21-15-12-19(22(23(21)25)24(26,27)28)9-8-17-6-4-16(2)5-7-17/h8-9,12,15-18,20H,3-7,10-11,13-14H2,1-2H3/b9-8+. The summed E-state index contributed by atoms with van der Waals surface area (Å²) in [4.78, 5) is 0. The zero-order valence-electron chi connectivity index (χ0n) is 17.4. The van der Waals surface area contributed by atoms with Gasteiger partial charge in [0.25, 0.3) is 0 Å². The molecule has 0 heterocycles. The van der Waals surface area contributed by atoms with Crippen molar-refractivity contribution in [2.45, 2.75) is 83.4 Å². The highest BCUT2D eigenvalue weighted by atomic mass is 19.4. The van der Waals surface area contributed by atoms with Crippen molar-refractivity contribution >= 4 is 6.08 Å². The number of benzene rings is 1. The second-order valence-corrected chi connectivity index (χ2v) is 8.74. The highest BCUT2D eigenvalue weighted by Crippen LogP contribution is 2.41. The number of hydrogen-bond acceptors (Lipinski definition) is 1. The van der Waals surface area contributed by atoms with Gasteiger partial charge in [-0.05, 0) is 74.3 Å². The molecule has 0 spiro atoms. The molecule has 0 aromatic heterocycles. The lowest BCUT2D eigenvalue weighted by Crippen LogP contribution is -2.22. The molecule has 1 aromatic rings. The SMILES string of the molecule is CCOC1CCC(c2ccc(/C=C/C3CCC(C)CC3)c(C(F)(F)F)c2F)CC1. The van der Waals surface area contributed by atoms with Crippen molar-refractivity contribution in [3.8, 4) is 0 Å². The molecule has 2 fully saturated rings. The topological polar surface area (TPSA) is 9.23 Å². The van der Waals surface area contributed by atoms with Crippen LogP contribution in [0.5, 0.6) is 0 Å². The summed E-state index contributed by atoms with van der Waals surface area (Å²) in [6, 6.07) is 3.02. The Morgan fingerprint density at radius 3 is 2.24 bits per heavy atom. The van der Waals surface area contributed by atoms with E-state index in [1.54, 1.807) is 6.07 Å². The molecule has 0 amide bonds. The molecule has 2 saturated carbocycles. The molecule has 1 aromatic carbocycles. The fourth-order valence-corrected chi connectivity index (χ4v) is 4.84. The van der Waals surface area contributed by atoms with Gasteiger partial charge in [0.05, 0.1) is 11.7 Å². The van der Waals surface area contributed by atoms with E-state index in [0.29, 0.717) is 25.4 Å². The molecule has 0 atom stereocenters. The van der Waals surface area contributed by atoms with E-state index >= 15 is 4.39 Å². The Balaban J connectivity index is 1.81. The molecular weight excluding hydrogens is 380 g/mol. The van der Waals surface area contributed by atoms with E-state index in [-0.39, 0.29) is 29.1 Å². The van der Waals surface area contributed by atoms with E-state index in [2.05, 4.69) is 6.92 Å². The van der Waals surface area contributed by atoms with Crippen LogP contribution >= 0.6 is 0 Å². The lowest BCUT2D eigenvalue weighted by atomic mass is 9.81. The number of hydrogen-bond donors (Lipinski definition) is 0. The second-order valence-electron chi connectivity index (χ2n) is 8.74. The average Bonchev–Trinajstić information content (AvgIpc) is 2.67. The number of alkyl halides is 3. The summed E-state index contributed by atoms with van der Waals surface area (Å²) in [7, 11) is 0. The first-order valence-corrected chi connectivity index (χ1v) is 11.0. The lowest BCUT2D eigenvalue weighted by molar-refractivity contribution is -0.140. The summed E-state index contributed by atoms with van der Waals surface area (Å²) < 4.78 is 61.9. The Kier molecular flexibility index (Phi) is 7.42. The maximum atomic E-state index is 15.1. The Bertz CT molecular complexity index is 694. The van der Waals surface area contributed by atoms with Crippen molar-refractivity contribution in [2.24, 2.45) is 11.8 Å². The molecular formula is C24H32F4O. The molecule has 162 valence electrons. The minimum Gasteiger partial charge on any atom is -0.379 e.